The summed E-state index contributed by atoms with van der Waals surface area (Å²) in [6.07, 6.45) is 1.94. The van der Waals surface area contributed by atoms with Gasteiger partial charge in [-0.3, -0.25) is 9.88 Å². The summed E-state index contributed by atoms with van der Waals surface area (Å²) >= 11 is 1.71. The van der Waals surface area contributed by atoms with Crippen LogP contribution < -0.4 is 4.90 Å². The van der Waals surface area contributed by atoms with Crippen LogP contribution in [0.3, 0.4) is 0 Å². The van der Waals surface area contributed by atoms with Crippen molar-refractivity contribution < 1.29 is 4.39 Å². The van der Waals surface area contributed by atoms with Gasteiger partial charge in [0.15, 0.2) is 0 Å². The van der Waals surface area contributed by atoms with Gasteiger partial charge in [-0.2, -0.15) is 0 Å². The number of hydrogen-bond donors (Lipinski definition) is 0. The first-order valence-electron chi connectivity index (χ1n) is 6.41. The van der Waals surface area contributed by atoms with Gasteiger partial charge in [-0.25, -0.2) is 4.39 Å². The molecule has 2 heterocycles. The number of thiazole rings is 1. The lowest BCUT2D eigenvalue weighted by atomic mass is 10.2. The molecule has 0 spiro atoms. The lowest BCUT2D eigenvalue weighted by molar-refractivity contribution is 0.252. The second-order valence-corrected chi connectivity index (χ2v) is 5.68. The molecule has 0 unspecified atom stereocenters. The van der Waals surface area contributed by atoms with E-state index in [1.807, 2.05) is 23.8 Å². The summed E-state index contributed by atoms with van der Waals surface area (Å²) in [6, 6.07) is 6.76. The molecule has 100 valence electrons. The van der Waals surface area contributed by atoms with E-state index in [0.29, 0.717) is 0 Å². The van der Waals surface area contributed by atoms with Crippen LogP contribution in [0.2, 0.25) is 0 Å². The Bertz CT molecular complexity index is 504. The van der Waals surface area contributed by atoms with Gasteiger partial charge in [-0.05, 0) is 24.3 Å². The SMILES string of the molecule is Fc1ccc(N2CCN(Cc3cncs3)CC2)cc1. The zero-order valence-corrected chi connectivity index (χ0v) is 11.4. The van der Waals surface area contributed by atoms with E-state index in [1.165, 1.54) is 17.0 Å². The normalized spacial score (nSPS) is 16.8. The minimum absolute atomic E-state index is 0.174. The molecule has 0 aliphatic carbocycles. The molecule has 1 aliphatic rings. The minimum Gasteiger partial charge on any atom is -0.369 e. The second kappa shape index (κ2) is 5.67. The van der Waals surface area contributed by atoms with Crippen LogP contribution in [0.5, 0.6) is 0 Å². The summed E-state index contributed by atoms with van der Waals surface area (Å²) in [6.45, 7) is 5.04. The molecule has 1 saturated heterocycles. The van der Waals surface area contributed by atoms with E-state index >= 15 is 0 Å². The Kier molecular flexibility index (Phi) is 3.75. The molecule has 2 aromatic rings. The Hall–Kier alpha value is -1.46. The van der Waals surface area contributed by atoms with Gasteiger partial charge in [0, 0.05) is 49.5 Å². The number of halogens is 1. The first-order valence-corrected chi connectivity index (χ1v) is 7.29. The average molecular weight is 277 g/mol. The zero-order valence-electron chi connectivity index (χ0n) is 10.6. The van der Waals surface area contributed by atoms with Crippen LogP contribution in [0.4, 0.5) is 10.1 Å². The highest BCUT2D eigenvalue weighted by molar-refractivity contribution is 7.09. The third kappa shape index (κ3) is 3.11. The molecule has 3 nitrogen and oxygen atoms in total. The van der Waals surface area contributed by atoms with Crippen LogP contribution in [-0.4, -0.2) is 36.1 Å². The highest BCUT2D eigenvalue weighted by Gasteiger charge is 2.17. The number of hydrogen-bond acceptors (Lipinski definition) is 4. The van der Waals surface area contributed by atoms with E-state index in [2.05, 4.69) is 14.8 Å². The summed E-state index contributed by atoms with van der Waals surface area (Å²) < 4.78 is 12.9. The quantitative estimate of drug-likeness (QED) is 0.859. The standard InChI is InChI=1S/C14H16FN3S/c15-12-1-3-13(4-2-12)18-7-5-17(6-8-18)10-14-9-16-11-19-14/h1-4,9,11H,5-8,10H2. The highest BCUT2D eigenvalue weighted by atomic mass is 32.1. The summed E-state index contributed by atoms with van der Waals surface area (Å²) in [4.78, 5) is 10.2. The minimum atomic E-state index is -0.174. The third-order valence-electron chi connectivity index (χ3n) is 3.43. The maximum Gasteiger partial charge on any atom is 0.123 e. The molecule has 0 bridgehead atoms. The first kappa shape index (κ1) is 12.6. The van der Waals surface area contributed by atoms with Crippen molar-refractivity contribution in [3.05, 3.63) is 46.7 Å². The van der Waals surface area contributed by atoms with Crippen molar-refractivity contribution in [2.45, 2.75) is 6.54 Å². The van der Waals surface area contributed by atoms with E-state index in [4.69, 9.17) is 0 Å². The van der Waals surface area contributed by atoms with Gasteiger partial charge in [-0.15, -0.1) is 11.3 Å². The van der Waals surface area contributed by atoms with Crippen molar-refractivity contribution in [2.24, 2.45) is 0 Å². The van der Waals surface area contributed by atoms with Crippen LogP contribution in [0.1, 0.15) is 4.88 Å². The highest BCUT2D eigenvalue weighted by Crippen LogP contribution is 2.18. The molecule has 0 atom stereocenters. The van der Waals surface area contributed by atoms with Crippen molar-refractivity contribution in [1.82, 2.24) is 9.88 Å². The lowest BCUT2D eigenvalue weighted by Gasteiger charge is -2.35. The summed E-state index contributed by atoms with van der Waals surface area (Å²) in [5.74, 6) is -0.174. The van der Waals surface area contributed by atoms with E-state index in [9.17, 15) is 4.39 Å². The van der Waals surface area contributed by atoms with Gasteiger partial charge in [0.2, 0.25) is 0 Å². The molecule has 19 heavy (non-hydrogen) atoms. The monoisotopic (exact) mass is 277 g/mol. The number of nitrogens with zero attached hydrogens (tertiary/aromatic N) is 3. The molecule has 1 aromatic heterocycles. The van der Waals surface area contributed by atoms with Crippen molar-refractivity contribution in [3.8, 4) is 0 Å². The second-order valence-electron chi connectivity index (χ2n) is 4.71. The van der Waals surface area contributed by atoms with E-state index in [0.717, 1.165) is 38.4 Å². The maximum atomic E-state index is 12.9. The molecule has 3 rings (SSSR count). The molecular weight excluding hydrogens is 261 g/mol. The smallest absolute Gasteiger partial charge is 0.123 e. The molecule has 0 saturated carbocycles. The average Bonchev–Trinajstić information content (AvgIpc) is 2.94. The zero-order chi connectivity index (χ0) is 13.1. The number of anilines is 1. The van der Waals surface area contributed by atoms with Crippen molar-refractivity contribution in [1.29, 1.82) is 0 Å². The van der Waals surface area contributed by atoms with Gasteiger partial charge in [-0.1, -0.05) is 0 Å². The fraction of sp³-hybridized carbons (Fsp3) is 0.357. The third-order valence-corrected chi connectivity index (χ3v) is 4.19. The fourth-order valence-electron chi connectivity index (χ4n) is 2.36. The fourth-order valence-corrected chi connectivity index (χ4v) is 2.99. The van der Waals surface area contributed by atoms with E-state index in [-0.39, 0.29) is 5.82 Å². The Morgan fingerprint density at radius 2 is 1.84 bits per heavy atom. The molecule has 0 amide bonds. The predicted molar refractivity (Wildman–Crippen MR) is 76.0 cm³/mol. The number of piperazine rings is 1. The van der Waals surface area contributed by atoms with Gasteiger partial charge in [0.05, 0.1) is 5.51 Å². The number of rotatable bonds is 3. The first-order chi connectivity index (χ1) is 9.31. The molecule has 1 aromatic carbocycles. The topological polar surface area (TPSA) is 19.4 Å². The molecule has 1 aliphatic heterocycles. The summed E-state index contributed by atoms with van der Waals surface area (Å²) in [5.41, 5.74) is 2.99. The molecule has 0 radical (unpaired) electrons. The Morgan fingerprint density at radius 1 is 1.11 bits per heavy atom. The Labute approximate surface area is 116 Å². The van der Waals surface area contributed by atoms with Crippen LogP contribution >= 0.6 is 11.3 Å². The number of benzene rings is 1. The van der Waals surface area contributed by atoms with E-state index in [1.54, 1.807) is 11.3 Å². The van der Waals surface area contributed by atoms with Gasteiger partial charge in [0.25, 0.3) is 0 Å². The van der Waals surface area contributed by atoms with Gasteiger partial charge in [0.1, 0.15) is 5.82 Å². The van der Waals surface area contributed by atoms with Crippen LogP contribution in [0.25, 0.3) is 0 Å². The summed E-state index contributed by atoms with van der Waals surface area (Å²) in [5, 5.41) is 0. The maximum absolute atomic E-state index is 12.9. The predicted octanol–water partition coefficient (Wildman–Crippen LogP) is 2.60. The van der Waals surface area contributed by atoms with Crippen LogP contribution in [0.15, 0.2) is 36.0 Å². The lowest BCUT2D eigenvalue weighted by Crippen LogP contribution is -2.45. The van der Waals surface area contributed by atoms with Gasteiger partial charge < -0.3 is 4.90 Å². The van der Waals surface area contributed by atoms with E-state index < -0.39 is 0 Å². The van der Waals surface area contributed by atoms with Crippen LogP contribution in [0, 0.1) is 5.82 Å². The van der Waals surface area contributed by atoms with Gasteiger partial charge >= 0.3 is 0 Å². The summed E-state index contributed by atoms with van der Waals surface area (Å²) in [7, 11) is 0. The van der Waals surface area contributed by atoms with Crippen molar-refractivity contribution >= 4 is 17.0 Å². The largest absolute Gasteiger partial charge is 0.369 e. The van der Waals surface area contributed by atoms with Crippen LogP contribution in [-0.2, 0) is 6.54 Å². The molecule has 5 heteroatoms. The Morgan fingerprint density at radius 3 is 2.47 bits per heavy atom. The number of aromatic nitrogens is 1. The molecule has 0 N–H and O–H groups in total. The van der Waals surface area contributed by atoms with Crippen molar-refractivity contribution in [3.63, 3.8) is 0 Å². The van der Waals surface area contributed by atoms with Crippen molar-refractivity contribution in [2.75, 3.05) is 31.1 Å². The molecular formula is C14H16FN3S. The Balaban J connectivity index is 1.56. The molecule has 1 fully saturated rings.